The lowest BCUT2D eigenvalue weighted by Gasteiger charge is -2.48. The fraction of sp³-hybridized carbons (Fsp3) is 0.529. The molecular weight excluding hydrogens is 1210 g/mol. The Hall–Kier alpha value is -8.13. The second-order valence-electron chi connectivity index (χ2n) is 27.0. The quantitative estimate of drug-likeness (QED) is 0.0820. The van der Waals surface area contributed by atoms with Crippen molar-refractivity contribution in [3.05, 3.63) is 124 Å². The largest absolute Gasteiger partial charge is 0.444 e. The number of hydrogen-bond donors (Lipinski definition) is 4. The summed E-state index contributed by atoms with van der Waals surface area (Å²) >= 11 is 0. The molecule has 4 N–H and O–H groups in total. The first-order valence-corrected chi connectivity index (χ1v) is 31.8. The highest BCUT2D eigenvalue weighted by molar-refractivity contribution is 6.02. The van der Waals surface area contributed by atoms with Crippen molar-refractivity contribution in [2.24, 2.45) is 11.8 Å². The van der Waals surface area contributed by atoms with Crippen LogP contribution in [-0.4, -0.2) is 193 Å². The van der Waals surface area contributed by atoms with E-state index in [1.54, 1.807) is 54.8 Å². The minimum Gasteiger partial charge on any atom is -0.444 e. The third kappa shape index (κ3) is 17.4. The van der Waals surface area contributed by atoms with Crippen molar-refractivity contribution in [2.75, 3.05) is 94.8 Å². The Kier molecular flexibility index (Phi) is 21.9. The van der Waals surface area contributed by atoms with Gasteiger partial charge in [-0.15, -0.1) is 0 Å². The standard InChI is InChI=1S/C68H87F3N10O12/c1-40-33-78(51(36-77-24-27-91-39-41(77)2)37-79(40)66(89)93-68(7,8)9)38-57(83)80-35-48(30-46-17-14-44(29-55(46)80)28-43-15-19-49(69)20-16-43)62(85)72-32-56(82)73-50-21-18-47-34-81(60(52(47)31-50)63(86)75-59-53(70)12-11-13-54(59)71)64(87)58(45-22-25-90-26-23-45)74-61(84)42(3)76(10)65(88)92-67(4,5)6/h11-21,29,31,40-42,45,48,51,58,60H,22-28,30,32-39H2,1-10H3,(H,72,85)(H,73,82)(H,74,84)(H,75,86)/t40-,41-,42+,48+,51+,58+,60+/m1/s1. The number of anilines is 3. The van der Waals surface area contributed by atoms with E-state index < -0.39 is 107 Å². The molecule has 0 aromatic heterocycles. The summed E-state index contributed by atoms with van der Waals surface area (Å²) in [5.74, 6) is -7.71. The zero-order chi connectivity index (χ0) is 67.2. The maximum atomic E-state index is 15.2. The summed E-state index contributed by atoms with van der Waals surface area (Å²) in [6.45, 7) is 18.6. The number of benzene rings is 4. The Bertz CT molecular complexity index is 3410. The lowest BCUT2D eigenvalue weighted by atomic mass is 9.89. The molecule has 7 atom stereocenters. The molecule has 93 heavy (non-hydrogen) atoms. The molecule has 0 aliphatic carbocycles. The molecule has 5 aliphatic heterocycles. The summed E-state index contributed by atoms with van der Waals surface area (Å²) < 4.78 is 67.1. The predicted octanol–water partition coefficient (Wildman–Crippen LogP) is 7.17. The Morgan fingerprint density at radius 2 is 1.41 bits per heavy atom. The average Bonchev–Trinajstić information content (AvgIpc) is 1.72. The fourth-order valence-corrected chi connectivity index (χ4v) is 12.5. The summed E-state index contributed by atoms with van der Waals surface area (Å²) in [4.78, 5) is 124. The Balaban J connectivity index is 0.932. The van der Waals surface area contributed by atoms with E-state index in [2.05, 4.69) is 38.0 Å². The van der Waals surface area contributed by atoms with Crippen LogP contribution in [0.5, 0.6) is 0 Å². The third-order valence-corrected chi connectivity index (χ3v) is 17.7. The van der Waals surface area contributed by atoms with Gasteiger partial charge in [0.25, 0.3) is 5.91 Å². The minimum atomic E-state index is -1.56. The number of nitrogens with zero attached hydrogens (tertiary/aromatic N) is 6. The van der Waals surface area contributed by atoms with Crippen LogP contribution in [0.4, 0.5) is 39.8 Å². The number of halogens is 3. The van der Waals surface area contributed by atoms with Crippen molar-refractivity contribution in [3.63, 3.8) is 0 Å². The molecule has 3 saturated heterocycles. The van der Waals surface area contributed by atoms with Crippen LogP contribution in [-0.2, 0) is 67.1 Å². The Morgan fingerprint density at radius 3 is 2.09 bits per heavy atom. The summed E-state index contributed by atoms with van der Waals surface area (Å²) in [6, 6.07) is 15.1. The molecule has 0 bridgehead atoms. The van der Waals surface area contributed by atoms with Gasteiger partial charge >= 0.3 is 12.2 Å². The Labute approximate surface area is 541 Å². The van der Waals surface area contributed by atoms with E-state index in [1.165, 1.54) is 37.1 Å². The van der Waals surface area contributed by atoms with Crippen molar-refractivity contribution in [2.45, 2.75) is 142 Å². The van der Waals surface area contributed by atoms with Gasteiger partial charge < -0.3 is 54.9 Å². The first kappa shape index (κ1) is 69.2. The number of carbonyl (C=O) groups excluding carboxylic acids is 8. The Morgan fingerprint density at radius 1 is 0.731 bits per heavy atom. The van der Waals surface area contributed by atoms with E-state index in [4.69, 9.17) is 18.9 Å². The maximum Gasteiger partial charge on any atom is 0.410 e. The molecule has 0 spiro atoms. The van der Waals surface area contributed by atoms with Crippen molar-refractivity contribution in [1.29, 1.82) is 0 Å². The second kappa shape index (κ2) is 29.4. The van der Waals surface area contributed by atoms with Crippen molar-refractivity contribution in [1.82, 2.24) is 35.1 Å². The number of morpholine rings is 1. The van der Waals surface area contributed by atoms with Gasteiger partial charge in [0.2, 0.25) is 29.5 Å². The van der Waals surface area contributed by atoms with Crippen molar-refractivity contribution in [3.8, 4) is 0 Å². The number of piperazine rings is 1. The molecule has 25 heteroatoms. The van der Waals surface area contributed by atoms with E-state index in [0.29, 0.717) is 75.5 Å². The monoisotopic (exact) mass is 1290 g/mol. The molecule has 0 radical (unpaired) electrons. The number of para-hydroxylation sites is 1. The lowest BCUT2D eigenvalue weighted by Crippen LogP contribution is -2.64. The van der Waals surface area contributed by atoms with E-state index in [1.807, 2.05) is 45.9 Å². The minimum absolute atomic E-state index is 0.0423. The summed E-state index contributed by atoms with van der Waals surface area (Å²) in [5.41, 5.74) is 1.47. The number of amides is 8. The maximum absolute atomic E-state index is 15.2. The first-order valence-electron chi connectivity index (χ1n) is 31.8. The zero-order valence-electron chi connectivity index (χ0n) is 54.7. The normalized spacial score (nSPS) is 21.1. The SMILES string of the molecule is C[C@@H]1COCCN1C[C@H]1CN(C(=O)OC(C)(C)C)[C@H](C)CN1CC(=O)N1C[C@@H](C(=O)NCC(=O)Nc2ccc3c(c2)[C@@H](C(=O)Nc2c(F)cccc2F)N(C(=O)[C@@H](NC(=O)[C@H](C)N(C)C(=O)OC(C)(C)C)C2CCOCC2)C3)Cc2ccc(Cc3ccc(F)cc3)cc21. The number of fused-ring (bicyclic) bond motifs is 2. The van der Waals surface area contributed by atoms with Gasteiger partial charge in [-0.25, -0.2) is 22.8 Å². The molecule has 502 valence electrons. The van der Waals surface area contributed by atoms with Crippen LogP contribution < -0.4 is 26.2 Å². The molecular formula is C68H87F3N10O12. The highest BCUT2D eigenvalue weighted by atomic mass is 19.1. The van der Waals surface area contributed by atoms with Crippen LogP contribution in [0.1, 0.15) is 109 Å². The van der Waals surface area contributed by atoms with Crippen LogP contribution in [0.3, 0.4) is 0 Å². The van der Waals surface area contributed by atoms with Crippen LogP contribution in [0, 0.1) is 29.3 Å². The smallest absolute Gasteiger partial charge is 0.410 e. The van der Waals surface area contributed by atoms with Gasteiger partial charge in [0, 0.05) is 89.0 Å². The summed E-state index contributed by atoms with van der Waals surface area (Å²) in [5, 5.41) is 10.7. The molecule has 0 unspecified atom stereocenters. The van der Waals surface area contributed by atoms with Gasteiger partial charge in [-0.05, 0) is 164 Å². The van der Waals surface area contributed by atoms with E-state index in [0.717, 1.165) is 34.2 Å². The molecule has 5 aliphatic rings. The van der Waals surface area contributed by atoms with E-state index in [-0.39, 0.29) is 80.4 Å². The predicted molar refractivity (Wildman–Crippen MR) is 340 cm³/mol. The van der Waals surface area contributed by atoms with E-state index >= 15 is 18.4 Å². The molecule has 5 heterocycles. The third-order valence-electron chi connectivity index (χ3n) is 17.7. The molecule has 4 aromatic rings. The van der Waals surface area contributed by atoms with Gasteiger partial charge in [-0.3, -0.25) is 43.5 Å². The summed E-state index contributed by atoms with van der Waals surface area (Å²) in [7, 11) is 1.39. The number of carbonyl (C=O) groups is 8. The first-order chi connectivity index (χ1) is 44.0. The number of nitrogens with one attached hydrogen (secondary N) is 4. The van der Waals surface area contributed by atoms with Gasteiger partial charge in [-0.2, -0.15) is 0 Å². The van der Waals surface area contributed by atoms with Crippen molar-refractivity contribution < 1.29 is 70.5 Å². The topological polar surface area (TPSA) is 241 Å². The van der Waals surface area contributed by atoms with Crippen LogP contribution in [0.2, 0.25) is 0 Å². The van der Waals surface area contributed by atoms with Crippen LogP contribution in [0.15, 0.2) is 78.9 Å². The van der Waals surface area contributed by atoms with E-state index in [9.17, 15) is 33.2 Å². The zero-order valence-corrected chi connectivity index (χ0v) is 54.7. The number of likely N-dealkylation sites (N-methyl/N-ethyl adjacent to an activating group) is 1. The number of rotatable bonds is 17. The second-order valence-corrected chi connectivity index (χ2v) is 27.0. The van der Waals surface area contributed by atoms with Crippen LogP contribution >= 0.6 is 0 Å². The van der Waals surface area contributed by atoms with Gasteiger partial charge in [0.1, 0.15) is 52.5 Å². The molecule has 9 rings (SSSR count). The number of hydrogen-bond acceptors (Lipinski definition) is 14. The molecule has 22 nitrogen and oxygen atoms in total. The summed E-state index contributed by atoms with van der Waals surface area (Å²) in [6.07, 6.45) is 0.125. The highest BCUT2D eigenvalue weighted by Gasteiger charge is 2.46. The van der Waals surface area contributed by atoms with Gasteiger partial charge in [-0.1, -0.05) is 36.4 Å². The molecule has 3 fully saturated rings. The number of ether oxygens (including phenoxy) is 4. The van der Waals surface area contributed by atoms with Gasteiger partial charge in [0.05, 0.1) is 32.2 Å². The molecule has 0 saturated carbocycles. The fourth-order valence-electron chi connectivity index (χ4n) is 12.5. The van der Waals surface area contributed by atoms with Crippen molar-refractivity contribution >= 4 is 64.7 Å². The highest BCUT2D eigenvalue weighted by Crippen LogP contribution is 2.39. The van der Waals surface area contributed by atoms with Crippen LogP contribution in [0.25, 0.3) is 0 Å². The molecule has 8 amide bonds. The lowest BCUT2D eigenvalue weighted by molar-refractivity contribution is -0.144. The molecule has 4 aromatic carbocycles. The average molecular weight is 1290 g/mol. The van der Waals surface area contributed by atoms with Gasteiger partial charge in [0.15, 0.2) is 0 Å².